The SMILES string of the molecule is O=C1CN(C(=O)c2cccc(S(=O)(=O)N3CCN(c4ccccc4)CC3)c2)CCN1. The zero-order valence-corrected chi connectivity index (χ0v) is 17.3. The predicted molar refractivity (Wildman–Crippen MR) is 113 cm³/mol. The molecule has 8 nitrogen and oxygen atoms in total. The van der Waals surface area contributed by atoms with E-state index in [0.29, 0.717) is 39.3 Å². The van der Waals surface area contributed by atoms with Gasteiger partial charge in [0.2, 0.25) is 15.9 Å². The van der Waals surface area contributed by atoms with Gasteiger partial charge >= 0.3 is 0 Å². The van der Waals surface area contributed by atoms with Crippen molar-refractivity contribution in [2.45, 2.75) is 4.90 Å². The van der Waals surface area contributed by atoms with E-state index < -0.39 is 10.0 Å². The lowest BCUT2D eigenvalue weighted by molar-refractivity contribution is -0.123. The number of piperazine rings is 2. The first-order valence-corrected chi connectivity index (χ1v) is 11.4. The van der Waals surface area contributed by atoms with Gasteiger partial charge in [0.25, 0.3) is 5.91 Å². The van der Waals surface area contributed by atoms with Crippen LogP contribution in [0.15, 0.2) is 59.5 Å². The predicted octanol–water partition coefficient (Wildman–Crippen LogP) is 0.770. The summed E-state index contributed by atoms with van der Waals surface area (Å²) in [5.41, 5.74) is 1.35. The van der Waals surface area contributed by atoms with E-state index in [2.05, 4.69) is 10.2 Å². The molecule has 2 saturated heterocycles. The smallest absolute Gasteiger partial charge is 0.254 e. The molecule has 0 saturated carbocycles. The van der Waals surface area contributed by atoms with Gasteiger partial charge in [-0.05, 0) is 30.3 Å². The van der Waals surface area contributed by atoms with Gasteiger partial charge in [-0.1, -0.05) is 24.3 Å². The first kappa shape index (κ1) is 20.4. The number of amides is 2. The molecule has 158 valence electrons. The van der Waals surface area contributed by atoms with E-state index >= 15 is 0 Å². The van der Waals surface area contributed by atoms with E-state index in [1.165, 1.54) is 21.3 Å². The number of benzene rings is 2. The Hall–Kier alpha value is -2.91. The molecular formula is C21H24N4O4S. The summed E-state index contributed by atoms with van der Waals surface area (Å²) >= 11 is 0. The molecule has 0 aliphatic carbocycles. The first-order chi connectivity index (χ1) is 14.4. The average molecular weight is 429 g/mol. The minimum absolute atomic E-state index is 0.0166. The van der Waals surface area contributed by atoms with Gasteiger partial charge in [0.15, 0.2) is 0 Å². The summed E-state index contributed by atoms with van der Waals surface area (Å²) in [7, 11) is -3.71. The lowest BCUT2D eigenvalue weighted by Gasteiger charge is -2.35. The third-order valence-corrected chi connectivity index (χ3v) is 7.30. The van der Waals surface area contributed by atoms with Crippen molar-refractivity contribution in [2.24, 2.45) is 0 Å². The Morgan fingerprint density at radius 2 is 1.63 bits per heavy atom. The minimum atomic E-state index is -3.71. The number of rotatable bonds is 4. The Bertz CT molecular complexity index is 1030. The van der Waals surface area contributed by atoms with Gasteiger partial charge in [0, 0.05) is 50.5 Å². The van der Waals surface area contributed by atoms with Crippen LogP contribution in [0, 0.1) is 0 Å². The number of para-hydroxylation sites is 1. The molecule has 0 aromatic heterocycles. The molecular weight excluding hydrogens is 404 g/mol. The third kappa shape index (κ3) is 4.17. The molecule has 2 amide bonds. The van der Waals surface area contributed by atoms with Crippen molar-refractivity contribution in [3.63, 3.8) is 0 Å². The lowest BCUT2D eigenvalue weighted by atomic mass is 10.2. The second-order valence-electron chi connectivity index (χ2n) is 7.33. The van der Waals surface area contributed by atoms with E-state index in [1.54, 1.807) is 12.1 Å². The normalized spacial score (nSPS) is 18.2. The molecule has 0 bridgehead atoms. The molecule has 2 aliphatic rings. The average Bonchev–Trinajstić information content (AvgIpc) is 2.79. The highest BCUT2D eigenvalue weighted by atomic mass is 32.2. The molecule has 2 aliphatic heterocycles. The quantitative estimate of drug-likeness (QED) is 0.777. The lowest BCUT2D eigenvalue weighted by Crippen LogP contribution is -2.50. The zero-order chi connectivity index (χ0) is 21.1. The maximum absolute atomic E-state index is 13.2. The molecule has 4 rings (SSSR count). The maximum atomic E-state index is 13.2. The van der Waals surface area contributed by atoms with Crippen LogP contribution in [0.1, 0.15) is 10.4 Å². The molecule has 0 unspecified atom stereocenters. The van der Waals surface area contributed by atoms with Crippen molar-refractivity contribution in [3.8, 4) is 0 Å². The van der Waals surface area contributed by atoms with Crippen molar-refractivity contribution in [1.29, 1.82) is 0 Å². The summed E-state index contributed by atoms with van der Waals surface area (Å²) in [6.07, 6.45) is 0. The number of hydrogen-bond acceptors (Lipinski definition) is 5. The molecule has 2 aromatic carbocycles. The van der Waals surface area contributed by atoms with Crippen molar-refractivity contribution < 1.29 is 18.0 Å². The summed E-state index contributed by atoms with van der Waals surface area (Å²) in [6.45, 7) is 2.74. The second kappa shape index (κ2) is 8.45. The molecule has 0 radical (unpaired) electrons. The number of nitrogens with zero attached hydrogens (tertiary/aromatic N) is 3. The Morgan fingerprint density at radius 1 is 0.900 bits per heavy atom. The fourth-order valence-electron chi connectivity index (χ4n) is 3.76. The van der Waals surface area contributed by atoms with Crippen LogP contribution in [0.4, 0.5) is 5.69 Å². The molecule has 9 heteroatoms. The largest absolute Gasteiger partial charge is 0.369 e. The molecule has 30 heavy (non-hydrogen) atoms. The van der Waals surface area contributed by atoms with Crippen LogP contribution < -0.4 is 10.2 Å². The number of carbonyl (C=O) groups is 2. The van der Waals surface area contributed by atoms with E-state index in [0.717, 1.165) is 5.69 Å². The summed E-state index contributed by atoms with van der Waals surface area (Å²) in [6, 6.07) is 16.0. The van der Waals surface area contributed by atoms with Crippen molar-refractivity contribution >= 4 is 27.5 Å². The first-order valence-electron chi connectivity index (χ1n) is 9.91. The second-order valence-corrected chi connectivity index (χ2v) is 9.27. The summed E-state index contributed by atoms with van der Waals surface area (Å²) in [5, 5.41) is 2.67. The van der Waals surface area contributed by atoms with Gasteiger partial charge < -0.3 is 15.1 Å². The van der Waals surface area contributed by atoms with Gasteiger partial charge in [-0.2, -0.15) is 4.31 Å². The third-order valence-electron chi connectivity index (χ3n) is 5.40. The molecule has 1 N–H and O–H groups in total. The Labute approximate surface area is 176 Å². The van der Waals surface area contributed by atoms with Crippen LogP contribution in [0.25, 0.3) is 0 Å². The number of nitrogens with one attached hydrogen (secondary N) is 1. The number of carbonyl (C=O) groups excluding carboxylic acids is 2. The minimum Gasteiger partial charge on any atom is -0.369 e. The van der Waals surface area contributed by atoms with E-state index in [9.17, 15) is 18.0 Å². The van der Waals surface area contributed by atoms with Crippen LogP contribution in [0.5, 0.6) is 0 Å². The van der Waals surface area contributed by atoms with E-state index in [1.807, 2.05) is 30.3 Å². The highest BCUT2D eigenvalue weighted by molar-refractivity contribution is 7.89. The number of hydrogen-bond donors (Lipinski definition) is 1. The van der Waals surface area contributed by atoms with Gasteiger partial charge in [-0.25, -0.2) is 8.42 Å². The molecule has 0 atom stereocenters. The Morgan fingerprint density at radius 3 is 2.33 bits per heavy atom. The van der Waals surface area contributed by atoms with Gasteiger partial charge in [0.05, 0.1) is 11.4 Å². The Balaban J connectivity index is 1.47. The van der Waals surface area contributed by atoms with Crippen LogP contribution in [0.3, 0.4) is 0 Å². The fourth-order valence-corrected chi connectivity index (χ4v) is 5.23. The molecule has 2 aromatic rings. The maximum Gasteiger partial charge on any atom is 0.254 e. The van der Waals surface area contributed by atoms with Gasteiger partial charge in [-0.3, -0.25) is 9.59 Å². The molecule has 2 fully saturated rings. The van der Waals surface area contributed by atoms with Crippen LogP contribution in [0.2, 0.25) is 0 Å². The summed E-state index contributed by atoms with van der Waals surface area (Å²) in [4.78, 5) is 28.0. The monoisotopic (exact) mass is 428 g/mol. The van der Waals surface area contributed by atoms with Crippen LogP contribution in [-0.4, -0.2) is 75.3 Å². The van der Waals surface area contributed by atoms with Gasteiger partial charge in [0.1, 0.15) is 0 Å². The van der Waals surface area contributed by atoms with Gasteiger partial charge in [-0.15, -0.1) is 0 Å². The topological polar surface area (TPSA) is 90.0 Å². The molecule has 2 heterocycles. The van der Waals surface area contributed by atoms with Crippen molar-refractivity contribution in [2.75, 3.05) is 50.7 Å². The molecule has 0 spiro atoms. The standard InChI is InChI=1S/C21H24N4O4S/c26-20-16-24(10-9-22-20)21(27)17-5-4-8-19(15-17)30(28,29)25-13-11-23(12-14-25)18-6-2-1-3-7-18/h1-8,15H,9-14,16H2,(H,22,26). The van der Waals surface area contributed by atoms with Crippen molar-refractivity contribution in [1.82, 2.24) is 14.5 Å². The highest BCUT2D eigenvalue weighted by Crippen LogP contribution is 2.22. The zero-order valence-electron chi connectivity index (χ0n) is 16.5. The van der Waals surface area contributed by atoms with E-state index in [4.69, 9.17) is 0 Å². The Kier molecular flexibility index (Phi) is 5.74. The van der Waals surface area contributed by atoms with Crippen molar-refractivity contribution in [3.05, 3.63) is 60.2 Å². The summed E-state index contributed by atoms with van der Waals surface area (Å²) < 4.78 is 27.8. The highest BCUT2D eigenvalue weighted by Gasteiger charge is 2.30. The number of anilines is 1. The van der Waals surface area contributed by atoms with Crippen LogP contribution in [-0.2, 0) is 14.8 Å². The van der Waals surface area contributed by atoms with E-state index in [-0.39, 0.29) is 28.8 Å². The van der Waals surface area contributed by atoms with Crippen LogP contribution >= 0.6 is 0 Å². The number of sulfonamides is 1. The summed E-state index contributed by atoms with van der Waals surface area (Å²) in [5.74, 6) is -0.550. The fraction of sp³-hybridized carbons (Fsp3) is 0.333.